The molecule has 3 rings (SSSR count). The van der Waals surface area contributed by atoms with Gasteiger partial charge in [0.25, 0.3) is 0 Å². The van der Waals surface area contributed by atoms with Crippen LogP contribution >= 0.6 is 0 Å². The summed E-state index contributed by atoms with van der Waals surface area (Å²) in [5, 5.41) is 13.0. The zero-order valence-electron chi connectivity index (χ0n) is 14.9. The molecule has 134 valence electrons. The van der Waals surface area contributed by atoms with Gasteiger partial charge in [0.15, 0.2) is 5.82 Å². The number of piperidine rings is 1. The van der Waals surface area contributed by atoms with Crippen LogP contribution in [0.1, 0.15) is 25.3 Å². The van der Waals surface area contributed by atoms with Crippen molar-refractivity contribution in [3.63, 3.8) is 0 Å². The smallest absolute Gasteiger partial charge is 0.159 e. The molecule has 0 spiro atoms. The third kappa shape index (κ3) is 5.59. The molecular weight excluding hydrogens is 312 g/mol. The van der Waals surface area contributed by atoms with E-state index in [0.717, 1.165) is 55.6 Å². The lowest BCUT2D eigenvalue weighted by molar-refractivity contribution is 0.0998. The third-order valence-corrected chi connectivity index (χ3v) is 4.73. The Bertz CT molecular complexity index is 622. The Morgan fingerprint density at radius 2 is 1.84 bits per heavy atom. The summed E-state index contributed by atoms with van der Waals surface area (Å²) in [6.07, 6.45) is 5.99. The summed E-state index contributed by atoms with van der Waals surface area (Å²) in [6.45, 7) is 6.67. The summed E-state index contributed by atoms with van der Waals surface area (Å²) in [4.78, 5) is 11.3. The van der Waals surface area contributed by atoms with Crippen LogP contribution in [-0.2, 0) is 6.54 Å². The molecule has 1 unspecified atom stereocenters. The van der Waals surface area contributed by atoms with Gasteiger partial charge < -0.3 is 15.3 Å². The van der Waals surface area contributed by atoms with Crippen LogP contribution in [0, 0.1) is 5.92 Å². The van der Waals surface area contributed by atoms with E-state index in [1.807, 2.05) is 49.6 Å². The molecule has 0 amide bonds. The highest BCUT2D eigenvalue weighted by Gasteiger charge is 2.19. The standard InChI is InChI=1S/C20H28N4O/c1-16(25)15-24-9-7-17(8-10-24)11-21-12-18-13-22-20(23-14-18)19-5-3-2-4-6-19/h2-6,13-14,16-17,21,25H,7-12,15H2,1H3. The molecule has 1 atom stereocenters. The Labute approximate surface area is 150 Å². The van der Waals surface area contributed by atoms with Crippen LogP contribution in [0.5, 0.6) is 0 Å². The van der Waals surface area contributed by atoms with Crippen molar-refractivity contribution in [3.8, 4) is 11.4 Å². The number of hydrogen-bond acceptors (Lipinski definition) is 5. The fourth-order valence-electron chi connectivity index (χ4n) is 3.35. The lowest BCUT2D eigenvalue weighted by Gasteiger charge is -2.32. The van der Waals surface area contributed by atoms with E-state index in [0.29, 0.717) is 0 Å². The van der Waals surface area contributed by atoms with E-state index in [1.165, 1.54) is 12.8 Å². The predicted molar refractivity (Wildman–Crippen MR) is 100 cm³/mol. The van der Waals surface area contributed by atoms with Crippen molar-refractivity contribution < 1.29 is 5.11 Å². The van der Waals surface area contributed by atoms with Gasteiger partial charge in [-0.3, -0.25) is 0 Å². The highest BCUT2D eigenvalue weighted by molar-refractivity contribution is 5.53. The van der Waals surface area contributed by atoms with Crippen LogP contribution in [0.2, 0.25) is 0 Å². The van der Waals surface area contributed by atoms with E-state index in [-0.39, 0.29) is 6.10 Å². The van der Waals surface area contributed by atoms with Gasteiger partial charge in [-0.15, -0.1) is 0 Å². The lowest BCUT2D eigenvalue weighted by atomic mass is 9.96. The maximum absolute atomic E-state index is 9.46. The van der Waals surface area contributed by atoms with E-state index >= 15 is 0 Å². The Morgan fingerprint density at radius 1 is 1.16 bits per heavy atom. The summed E-state index contributed by atoms with van der Waals surface area (Å²) in [6, 6.07) is 10.0. The molecule has 0 aliphatic carbocycles. The number of aliphatic hydroxyl groups excluding tert-OH is 1. The fraction of sp³-hybridized carbons (Fsp3) is 0.500. The largest absolute Gasteiger partial charge is 0.392 e. The molecule has 2 heterocycles. The van der Waals surface area contributed by atoms with Crippen molar-refractivity contribution in [1.29, 1.82) is 0 Å². The first-order valence-corrected chi connectivity index (χ1v) is 9.18. The second-order valence-corrected chi connectivity index (χ2v) is 7.00. The second kappa shape index (κ2) is 9.04. The Balaban J connectivity index is 1.40. The zero-order chi connectivity index (χ0) is 17.5. The third-order valence-electron chi connectivity index (χ3n) is 4.73. The number of rotatable bonds is 7. The SMILES string of the molecule is CC(O)CN1CCC(CNCc2cnc(-c3ccccc3)nc2)CC1. The highest BCUT2D eigenvalue weighted by atomic mass is 16.3. The van der Waals surface area contributed by atoms with Crippen molar-refractivity contribution in [3.05, 3.63) is 48.3 Å². The first-order chi connectivity index (χ1) is 12.2. The van der Waals surface area contributed by atoms with Crippen LogP contribution in [0.3, 0.4) is 0 Å². The van der Waals surface area contributed by atoms with Gasteiger partial charge in [0.2, 0.25) is 0 Å². The molecule has 0 saturated carbocycles. The average Bonchev–Trinajstić information content (AvgIpc) is 2.64. The average molecular weight is 340 g/mol. The summed E-state index contributed by atoms with van der Waals surface area (Å²) in [5.41, 5.74) is 2.16. The fourth-order valence-corrected chi connectivity index (χ4v) is 3.35. The second-order valence-electron chi connectivity index (χ2n) is 7.00. The molecule has 5 heteroatoms. The van der Waals surface area contributed by atoms with Crippen LogP contribution < -0.4 is 5.32 Å². The van der Waals surface area contributed by atoms with E-state index < -0.39 is 0 Å². The topological polar surface area (TPSA) is 61.3 Å². The van der Waals surface area contributed by atoms with Gasteiger partial charge in [0.1, 0.15) is 0 Å². The molecule has 25 heavy (non-hydrogen) atoms. The molecule has 1 fully saturated rings. The van der Waals surface area contributed by atoms with Crippen molar-refractivity contribution in [1.82, 2.24) is 20.2 Å². The Morgan fingerprint density at radius 3 is 2.48 bits per heavy atom. The zero-order valence-corrected chi connectivity index (χ0v) is 14.9. The van der Waals surface area contributed by atoms with Gasteiger partial charge >= 0.3 is 0 Å². The molecule has 5 nitrogen and oxygen atoms in total. The van der Waals surface area contributed by atoms with E-state index in [4.69, 9.17) is 0 Å². The Kier molecular flexibility index (Phi) is 6.50. The van der Waals surface area contributed by atoms with Crippen molar-refractivity contribution in [2.24, 2.45) is 5.92 Å². The first kappa shape index (κ1) is 18.0. The van der Waals surface area contributed by atoms with Gasteiger partial charge in [-0.1, -0.05) is 30.3 Å². The van der Waals surface area contributed by atoms with E-state index in [1.54, 1.807) is 0 Å². The van der Waals surface area contributed by atoms with Gasteiger partial charge in [0.05, 0.1) is 6.10 Å². The maximum atomic E-state index is 9.46. The molecule has 1 aromatic heterocycles. The maximum Gasteiger partial charge on any atom is 0.159 e. The number of nitrogens with zero attached hydrogens (tertiary/aromatic N) is 3. The molecule has 0 bridgehead atoms. The number of aliphatic hydroxyl groups is 1. The number of hydrogen-bond donors (Lipinski definition) is 2. The molecule has 1 aliphatic rings. The number of benzene rings is 1. The summed E-state index contributed by atoms with van der Waals surface area (Å²) in [5.74, 6) is 1.49. The van der Waals surface area contributed by atoms with E-state index in [9.17, 15) is 5.11 Å². The number of β-amino-alcohol motifs (C(OH)–C–C–N with tert-alkyl or cyclic N) is 1. The van der Waals surface area contributed by atoms with Gasteiger partial charge in [-0.25, -0.2) is 9.97 Å². The van der Waals surface area contributed by atoms with Crippen LogP contribution in [0.15, 0.2) is 42.7 Å². The number of aromatic nitrogens is 2. The monoisotopic (exact) mass is 340 g/mol. The quantitative estimate of drug-likeness (QED) is 0.810. The predicted octanol–water partition coefficient (Wildman–Crippen LogP) is 2.33. The molecule has 1 saturated heterocycles. The Hall–Kier alpha value is -1.82. The van der Waals surface area contributed by atoms with Crippen molar-refractivity contribution >= 4 is 0 Å². The van der Waals surface area contributed by atoms with Crippen LogP contribution in [0.25, 0.3) is 11.4 Å². The molecule has 1 aromatic carbocycles. The van der Waals surface area contributed by atoms with Gasteiger partial charge in [0, 0.05) is 36.6 Å². The minimum Gasteiger partial charge on any atom is -0.392 e. The molecular formula is C20H28N4O. The van der Waals surface area contributed by atoms with Crippen molar-refractivity contribution in [2.75, 3.05) is 26.2 Å². The molecule has 2 aromatic rings. The molecule has 2 N–H and O–H groups in total. The molecule has 1 aliphatic heterocycles. The summed E-state index contributed by atoms with van der Waals surface area (Å²) >= 11 is 0. The minimum atomic E-state index is -0.228. The van der Waals surface area contributed by atoms with E-state index in [2.05, 4.69) is 20.2 Å². The minimum absolute atomic E-state index is 0.228. The summed E-state index contributed by atoms with van der Waals surface area (Å²) in [7, 11) is 0. The van der Waals surface area contributed by atoms with Crippen LogP contribution in [-0.4, -0.2) is 52.3 Å². The summed E-state index contributed by atoms with van der Waals surface area (Å²) < 4.78 is 0. The number of likely N-dealkylation sites (tertiary alicyclic amines) is 1. The number of nitrogens with one attached hydrogen (secondary N) is 1. The first-order valence-electron chi connectivity index (χ1n) is 9.18. The lowest BCUT2D eigenvalue weighted by Crippen LogP contribution is -2.40. The van der Waals surface area contributed by atoms with Crippen LogP contribution in [0.4, 0.5) is 0 Å². The van der Waals surface area contributed by atoms with Gasteiger partial charge in [-0.2, -0.15) is 0 Å². The molecule has 0 radical (unpaired) electrons. The van der Waals surface area contributed by atoms with Gasteiger partial charge in [-0.05, 0) is 45.3 Å². The van der Waals surface area contributed by atoms with Crippen molar-refractivity contribution in [2.45, 2.75) is 32.4 Å². The normalized spacial score (nSPS) is 17.5. The highest BCUT2D eigenvalue weighted by Crippen LogP contribution is 2.17.